The Morgan fingerprint density at radius 2 is 2.07 bits per heavy atom. The molecule has 1 rings (SSSR count). The zero-order chi connectivity index (χ0) is 11.6. The van der Waals surface area contributed by atoms with Gasteiger partial charge in [0.1, 0.15) is 0 Å². The molecule has 1 saturated carbocycles. The predicted octanol–water partition coefficient (Wildman–Crippen LogP) is 2.19. The summed E-state index contributed by atoms with van der Waals surface area (Å²) in [5, 5.41) is 0. The molecule has 15 heavy (non-hydrogen) atoms. The van der Waals surface area contributed by atoms with Gasteiger partial charge in [-0.3, -0.25) is 4.55 Å². The van der Waals surface area contributed by atoms with Gasteiger partial charge in [0.05, 0.1) is 6.10 Å². The first-order chi connectivity index (χ1) is 6.79. The molecule has 3 unspecified atom stereocenters. The molecule has 0 radical (unpaired) electrons. The van der Waals surface area contributed by atoms with Crippen LogP contribution in [-0.4, -0.2) is 19.1 Å². The average molecular weight is 234 g/mol. The molecular weight excluding hydrogens is 216 g/mol. The highest BCUT2D eigenvalue weighted by molar-refractivity contribution is 7.80. The van der Waals surface area contributed by atoms with Crippen molar-refractivity contribution < 1.29 is 17.2 Å². The number of hydrogen-bond donors (Lipinski definition) is 1. The van der Waals surface area contributed by atoms with Gasteiger partial charge in [0.15, 0.2) is 0 Å². The Morgan fingerprint density at radius 3 is 2.53 bits per heavy atom. The van der Waals surface area contributed by atoms with Crippen molar-refractivity contribution in [1.29, 1.82) is 0 Å². The van der Waals surface area contributed by atoms with Gasteiger partial charge in [-0.05, 0) is 32.1 Å². The molecule has 0 spiro atoms. The molecule has 88 valence electrons. The van der Waals surface area contributed by atoms with Crippen LogP contribution in [0.1, 0.15) is 33.1 Å². The Balaban J connectivity index is 2.75. The van der Waals surface area contributed by atoms with Crippen LogP contribution < -0.4 is 0 Å². The summed E-state index contributed by atoms with van der Waals surface area (Å²) >= 11 is 0. The summed E-state index contributed by atoms with van der Waals surface area (Å²) in [6.07, 6.45) is 2.11. The van der Waals surface area contributed by atoms with E-state index in [1.54, 1.807) is 0 Å². The molecule has 0 aliphatic heterocycles. The topological polar surface area (TPSA) is 63.6 Å². The third-order valence-electron chi connectivity index (χ3n) is 2.93. The van der Waals surface area contributed by atoms with E-state index in [9.17, 15) is 8.42 Å². The fourth-order valence-corrected chi connectivity index (χ4v) is 2.68. The van der Waals surface area contributed by atoms with Crippen LogP contribution in [-0.2, 0) is 14.6 Å². The van der Waals surface area contributed by atoms with Crippen LogP contribution in [0.15, 0.2) is 12.2 Å². The fraction of sp³-hybridized carbons (Fsp3) is 0.800. The van der Waals surface area contributed by atoms with Crippen molar-refractivity contribution in [3.63, 3.8) is 0 Å². The summed E-state index contributed by atoms with van der Waals surface area (Å²) in [6.45, 7) is 7.74. The van der Waals surface area contributed by atoms with Gasteiger partial charge in [0.25, 0.3) is 0 Å². The van der Waals surface area contributed by atoms with E-state index < -0.39 is 16.5 Å². The van der Waals surface area contributed by atoms with E-state index in [0.717, 1.165) is 18.4 Å². The van der Waals surface area contributed by atoms with E-state index in [2.05, 4.69) is 17.7 Å². The van der Waals surface area contributed by atoms with Crippen LogP contribution in [0.3, 0.4) is 0 Å². The van der Waals surface area contributed by atoms with Crippen molar-refractivity contribution in [3.05, 3.63) is 12.2 Å². The normalized spacial score (nSPS) is 32.6. The minimum absolute atomic E-state index is 0.0307. The average Bonchev–Trinajstić information content (AvgIpc) is 1.99. The summed E-state index contributed by atoms with van der Waals surface area (Å²) in [6, 6.07) is 0. The van der Waals surface area contributed by atoms with Crippen LogP contribution in [0.4, 0.5) is 0 Å². The largest absolute Gasteiger partial charge is 0.397 e. The molecule has 1 aliphatic carbocycles. The quantitative estimate of drug-likeness (QED) is 0.600. The molecule has 1 aliphatic rings. The van der Waals surface area contributed by atoms with Crippen molar-refractivity contribution in [3.8, 4) is 0 Å². The first-order valence-electron chi connectivity index (χ1n) is 5.10. The minimum atomic E-state index is -4.35. The van der Waals surface area contributed by atoms with Gasteiger partial charge in [0, 0.05) is 5.92 Å². The summed E-state index contributed by atoms with van der Waals surface area (Å²) in [4.78, 5) is 0. The molecule has 0 aromatic rings. The SMILES string of the molecule is C=C(C)C1CCC(C)CC1OS(=O)(=O)O. The van der Waals surface area contributed by atoms with Gasteiger partial charge in [0.2, 0.25) is 0 Å². The fourth-order valence-electron chi connectivity index (χ4n) is 2.15. The second-order valence-electron chi connectivity index (χ2n) is 4.43. The molecule has 0 bridgehead atoms. The zero-order valence-corrected chi connectivity index (χ0v) is 9.96. The van der Waals surface area contributed by atoms with E-state index in [4.69, 9.17) is 4.55 Å². The van der Waals surface area contributed by atoms with Crippen molar-refractivity contribution >= 4 is 10.4 Å². The van der Waals surface area contributed by atoms with E-state index in [1.165, 1.54) is 0 Å². The van der Waals surface area contributed by atoms with Gasteiger partial charge in [-0.15, -0.1) is 0 Å². The zero-order valence-electron chi connectivity index (χ0n) is 9.14. The standard InChI is InChI=1S/C10H18O4S/c1-7(2)9-5-4-8(3)6-10(9)14-15(11,12)13/h8-10H,1,4-6H2,2-3H3,(H,11,12,13). The lowest BCUT2D eigenvalue weighted by molar-refractivity contribution is 0.0812. The summed E-state index contributed by atoms with van der Waals surface area (Å²) in [5.41, 5.74) is 0.913. The Kier molecular flexibility index (Phi) is 3.92. The summed E-state index contributed by atoms with van der Waals surface area (Å²) in [7, 11) is -4.35. The number of hydrogen-bond acceptors (Lipinski definition) is 3. The lowest BCUT2D eigenvalue weighted by Crippen LogP contribution is -2.33. The molecule has 0 saturated heterocycles. The van der Waals surface area contributed by atoms with Gasteiger partial charge in [-0.1, -0.05) is 19.1 Å². The summed E-state index contributed by atoms with van der Waals surface area (Å²) in [5.74, 6) is 0.454. The van der Waals surface area contributed by atoms with Crippen molar-refractivity contribution in [1.82, 2.24) is 0 Å². The van der Waals surface area contributed by atoms with E-state index in [0.29, 0.717) is 12.3 Å². The van der Waals surface area contributed by atoms with Gasteiger partial charge >= 0.3 is 10.4 Å². The van der Waals surface area contributed by atoms with Crippen molar-refractivity contribution in [2.45, 2.75) is 39.2 Å². The lowest BCUT2D eigenvalue weighted by atomic mass is 9.78. The molecular formula is C10H18O4S. The van der Waals surface area contributed by atoms with Crippen LogP contribution in [0, 0.1) is 11.8 Å². The van der Waals surface area contributed by atoms with Crippen LogP contribution in [0.25, 0.3) is 0 Å². The van der Waals surface area contributed by atoms with Gasteiger partial charge in [-0.2, -0.15) is 8.42 Å². The second-order valence-corrected chi connectivity index (χ2v) is 5.48. The Hall–Kier alpha value is -0.390. The Bertz CT molecular complexity index is 333. The van der Waals surface area contributed by atoms with E-state index in [1.807, 2.05) is 6.92 Å². The summed E-state index contributed by atoms with van der Waals surface area (Å²) < 4.78 is 34.7. The Labute approximate surface area is 91.3 Å². The molecule has 0 aromatic carbocycles. The van der Waals surface area contributed by atoms with E-state index in [-0.39, 0.29) is 5.92 Å². The van der Waals surface area contributed by atoms with Crippen molar-refractivity contribution in [2.24, 2.45) is 11.8 Å². The highest BCUT2D eigenvalue weighted by Gasteiger charge is 2.32. The third-order valence-corrected chi connectivity index (χ3v) is 3.42. The molecule has 1 N–H and O–H groups in total. The minimum Gasteiger partial charge on any atom is -0.264 e. The maximum Gasteiger partial charge on any atom is 0.397 e. The first kappa shape index (κ1) is 12.7. The first-order valence-corrected chi connectivity index (χ1v) is 6.47. The highest BCUT2D eigenvalue weighted by atomic mass is 32.3. The number of rotatable bonds is 3. The highest BCUT2D eigenvalue weighted by Crippen LogP contribution is 2.35. The third kappa shape index (κ3) is 3.93. The second kappa shape index (κ2) is 4.63. The van der Waals surface area contributed by atoms with Gasteiger partial charge in [-0.25, -0.2) is 4.18 Å². The van der Waals surface area contributed by atoms with Crippen LogP contribution in [0.5, 0.6) is 0 Å². The monoisotopic (exact) mass is 234 g/mol. The van der Waals surface area contributed by atoms with Crippen LogP contribution in [0.2, 0.25) is 0 Å². The molecule has 0 aromatic heterocycles. The van der Waals surface area contributed by atoms with Crippen molar-refractivity contribution in [2.75, 3.05) is 0 Å². The maximum atomic E-state index is 10.7. The lowest BCUT2D eigenvalue weighted by Gasteiger charge is -2.33. The van der Waals surface area contributed by atoms with E-state index >= 15 is 0 Å². The molecule has 3 atom stereocenters. The molecule has 0 amide bonds. The predicted molar refractivity (Wildman–Crippen MR) is 57.7 cm³/mol. The molecule has 4 nitrogen and oxygen atoms in total. The Morgan fingerprint density at radius 1 is 1.47 bits per heavy atom. The maximum absolute atomic E-state index is 10.7. The molecule has 5 heteroatoms. The smallest absolute Gasteiger partial charge is 0.264 e. The van der Waals surface area contributed by atoms with Crippen LogP contribution >= 0.6 is 0 Å². The van der Waals surface area contributed by atoms with Gasteiger partial charge < -0.3 is 0 Å². The molecule has 0 heterocycles. The molecule has 1 fully saturated rings.